The Morgan fingerprint density at radius 1 is 1.35 bits per heavy atom. The first-order valence-corrected chi connectivity index (χ1v) is 6.68. The second-order valence-corrected chi connectivity index (χ2v) is 6.18. The lowest BCUT2D eigenvalue weighted by Crippen LogP contribution is -2.19. The summed E-state index contributed by atoms with van der Waals surface area (Å²) in [7, 11) is 0. The van der Waals surface area contributed by atoms with E-state index in [1.165, 1.54) is 0 Å². The first-order valence-electron chi connectivity index (χ1n) is 6.68. The van der Waals surface area contributed by atoms with E-state index < -0.39 is 6.09 Å². The van der Waals surface area contributed by atoms with Crippen LogP contribution in [-0.4, -0.2) is 18.5 Å². The van der Waals surface area contributed by atoms with E-state index in [4.69, 9.17) is 4.74 Å². The van der Waals surface area contributed by atoms with Gasteiger partial charge in [0.25, 0.3) is 0 Å². The highest BCUT2D eigenvalue weighted by atomic mass is 16.6. The topological polar surface area (TPSA) is 67.4 Å². The molecule has 5 heteroatoms. The van der Waals surface area contributed by atoms with Crippen molar-refractivity contribution in [3.63, 3.8) is 0 Å². The molecule has 1 atom stereocenters. The number of amides is 2. The van der Waals surface area contributed by atoms with Gasteiger partial charge in [0.15, 0.2) is 0 Å². The summed E-state index contributed by atoms with van der Waals surface area (Å²) in [5.41, 5.74) is 1.63. The predicted molar refractivity (Wildman–Crippen MR) is 76.4 cm³/mol. The Bertz CT molecular complexity index is 503. The van der Waals surface area contributed by atoms with Crippen molar-refractivity contribution < 1.29 is 14.3 Å². The summed E-state index contributed by atoms with van der Waals surface area (Å²) in [6.45, 7) is 6.56. The summed E-state index contributed by atoms with van der Waals surface area (Å²) in [5, 5.41) is 5.47. The van der Waals surface area contributed by atoms with E-state index in [1.54, 1.807) is 0 Å². The number of rotatable bonds is 3. The number of carbonyl (C=O) groups is 2. The molecule has 0 radical (unpaired) electrons. The molecule has 0 aromatic heterocycles. The zero-order chi connectivity index (χ0) is 14.8. The Morgan fingerprint density at radius 3 is 2.50 bits per heavy atom. The molecule has 1 fully saturated rings. The van der Waals surface area contributed by atoms with Crippen molar-refractivity contribution in [3.8, 4) is 0 Å². The van der Waals surface area contributed by atoms with Gasteiger partial charge in [-0.15, -0.1) is 0 Å². The highest BCUT2D eigenvalue weighted by Crippen LogP contribution is 2.23. The average Bonchev–Trinajstić information content (AvgIpc) is 2.74. The van der Waals surface area contributed by atoms with E-state index in [1.807, 2.05) is 45.0 Å². The van der Waals surface area contributed by atoms with Gasteiger partial charge in [0.05, 0.1) is 6.54 Å². The number of benzene rings is 1. The van der Waals surface area contributed by atoms with Crippen LogP contribution in [0, 0.1) is 5.41 Å². The van der Waals surface area contributed by atoms with Crippen molar-refractivity contribution >= 4 is 17.7 Å². The molecule has 1 heterocycles. The Balaban J connectivity index is 1.95. The van der Waals surface area contributed by atoms with Crippen LogP contribution in [-0.2, 0) is 9.53 Å². The van der Waals surface area contributed by atoms with Crippen LogP contribution in [0.5, 0.6) is 0 Å². The molecule has 0 aliphatic carbocycles. The van der Waals surface area contributed by atoms with Gasteiger partial charge >= 0.3 is 6.09 Å². The summed E-state index contributed by atoms with van der Waals surface area (Å²) in [5.74, 6) is -0.000731. The van der Waals surface area contributed by atoms with Gasteiger partial charge < -0.3 is 15.4 Å². The number of alkyl carbamates (subject to hydrolysis) is 1. The van der Waals surface area contributed by atoms with Crippen molar-refractivity contribution in [2.45, 2.75) is 33.3 Å². The molecule has 1 aliphatic heterocycles. The normalized spacial score (nSPS) is 18.4. The minimum atomic E-state index is -0.391. The van der Waals surface area contributed by atoms with Crippen LogP contribution in [0.25, 0.3) is 0 Å². The Labute approximate surface area is 118 Å². The molecule has 1 aliphatic rings. The zero-order valence-corrected chi connectivity index (χ0v) is 12.0. The molecule has 0 saturated carbocycles. The fourth-order valence-electron chi connectivity index (χ4n) is 2.04. The molecule has 2 amide bonds. The predicted octanol–water partition coefficient (Wildman–Crippen LogP) is 2.84. The second kappa shape index (κ2) is 5.53. The van der Waals surface area contributed by atoms with E-state index in [0.717, 1.165) is 11.3 Å². The lowest BCUT2D eigenvalue weighted by atomic mass is 9.92. The van der Waals surface area contributed by atoms with Gasteiger partial charge in [0.1, 0.15) is 6.10 Å². The molecule has 20 heavy (non-hydrogen) atoms. The minimum Gasteiger partial charge on any atom is -0.439 e. The minimum absolute atomic E-state index is 0.000731. The fourth-order valence-corrected chi connectivity index (χ4v) is 2.04. The SMILES string of the molecule is CC(C)(C)CC(=O)Nc1ccc(C2CNC(=O)O2)cc1. The van der Waals surface area contributed by atoms with Crippen LogP contribution >= 0.6 is 0 Å². The molecule has 1 saturated heterocycles. The fraction of sp³-hybridized carbons (Fsp3) is 0.467. The van der Waals surface area contributed by atoms with Crippen molar-refractivity contribution in [2.24, 2.45) is 5.41 Å². The maximum atomic E-state index is 11.8. The third-order valence-corrected chi connectivity index (χ3v) is 2.94. The summed E-state index contributed by atoms with van der Waals surface area (Å²) >= 11 is 0. The van der Waals surface area contributed by atoms with Gasteiger partial charge in [-0.2, -0.15) is 0 Å². The number of ether oxygens (including phenoxy) is 1. The first-order chi connectivity index (χ1) is 9.33. The standard InChI is InChI=1S/C15H20N2O3/c1-15(2,3)8-13(18)17-11-6-4-10(5-7-11)12-9-16-14(19)20-12/h4-7,12H,8-9H2,1-3H3,(H,16,19)(H,17,18). The quantitative estimate of drug-likeness (QED) is 0.892. The number of hydrogen-bond donors (Lipinski definition) is 2. The number of cyclic esters (lactones) is 1. The Kier molecular flexibility index (Phi) is 3.97. The van der Waals surface area contributed by atoms with Crippen LogP contribution in [0.15, 0.2) is 24.3 Å². The lowest BCUT2D eigenvalue weighted by molar-refractivity contribution is -0.117. The molecule has 108 valence electrons. The molecular formula is C15H20N2O3. The van der Waals surface area contributed by atoms with E-state index in [0.29, 0.717) is 13.0 Å². The van der Waals surface area contributed by atoms with E-state index in [-0.39, 0.29) is 17.4 Å². The van der Waals surface area contributed by atoms with Crippen molar-refractivity contribution in [1.82, 2.24) is 5.32 Å². The Morgan fingerprint density at radius 2 is 2.00 bits per heavy atom. The number of hydrogen-bond acceptors (Lipinski definition) is 3. The van der Waals surface area contributed by atoms with Crippen molar-refractivity contribution in [1.29, 1.82) is 0 Å². The van der Waals surface area contributed by atoms with Crippen LogP contribution in [0.3, 0.4) is 0 Å². The van der Waals surface area contributed by atoms with Gasteiger partial charge in [-0.3, -0.25) is 4.79 Å². The summed E-state index contributed by atoms with van der Waals surface area (Å²) < 4.78 is 5.10. The monoisotopic (exact) mass is 276 g/mol. The number of carbonyl (C=O) groups excluding carboxylic acids is 2. The molecule has 1 aromatic carbocycles. The van der Waals surface area contributed by atoms with Gasteiger partial charge in [-0.25, -0.2) is 4.79 Å². The summed E-state index contributed by atoms with van der Waals surface area (Å²) in [6, 6.07) is 7.36. The summed E-state index contributed by atoms with van der Waals surface area (Å²) in [4.78, 5) is 22.8. The third-order valence-electron chi connectivity index (χ3n) is 2.94. The molecule has 5 nitrogen and oxygen atoms in total. The molecular weight excluding hydrogens is 256 g/mol. The smallest absolute Gasteiger partial charge is 0.407 e. The molecule has 1 aromatic rings. The third kappa shape index (κ3) is 3.98. The van der Waals surface area contributed by atoms with E-state index in [2.05, 4.69) is 10.6 Å². The number of nitrogens with one attached hydrogen (secondary N) is 2. The molecule has 2 N–H and O–H groups in total. The zero-order valence-electron chi connectivity index (χ0n) is 12.0. The molecule has 0 bridgehead atoms. The van der Waals surface area contributed by atoms with E-state index >= 15 is 0 Å². The second-order valence-electron chi connectivity index (χ2n) is 6.18. The van der Waals surface area contributed by atoms with Crippen LogP contribution in [0.4, 0.5) is 10.5 Å². The molecule has 0 spiro atoms. The van der Waals surface area contributed by atoms with Crippen molar-refractivity contribution in [3.05, 3.63) is 29.8 Å². The van der Waals surface area contributed by atoms with Gasteiger partial charge in [0, 0.05) is 12.1 Å². The highest BCUT2D eigenvalue weighted by Gasteiger charge is 2.24. The maximum Gasteiger partial charge on any atom is 0.407 e. The van der Waals surface area contributed by atoms with E-state index in [9.17, 15) is 9.59 Å². The summed E-state index contributed by atoms with van der Waals surface area (Å²) in [6.07, 6.45) is -0.168. The van der Waals surface area contributed by atoms with Gasteiger partial charge in [-0.1, -0.05) is 32.9 Å². The molecule has 1 unspecified atom stereocenters. The largest absolute Gasteiger partial charge is 0.439 e. The van der Waals surface area contributed by atoms with Crippen LogP contribution in [0.1, 0.15) is 38.9 Å². The number of anilines is 1. The van der Waals surface area contributed by atoms with Gasteiger partial charge in [0.2, 0.25) is 5.91 Å². The average molecular weight is 276 g/mol. The van der Waals surface area contributed by atoms with Crippen LogP contribution < -0.4 is 10.6 Å². The molecule has 2 rings (SSSR count). The van der Waals surface area contributed by atoms with Crippen molar-refractivity contribution in [2.75, 3.05) is 11.9 Å². The van der Waals surface area contributed by atoms with Gasteiger partial charge in [-0.05, 0) is 23.1 Å². The lowest BCUT2D eigenvalue weighted by Gasteiger charge is -2.17. The van der Waals surface area contributed by atoms with Crippen LogP contribution in [0.2, 0.25) is 0 Å². The first kappa shape index (κ1) is 14.4. The maximum absolute atomic E-state index is 11.8. The highest BCUT2D eigenvalue weighted by molar-refractivity contribution is 5.91. The Hall–Kier alpha value is -2.04.